The van der Waals surface area contributed by atoms with Gasteiger partial charge in [-0.25, -0.2) is 0 Å². The normalized spacial score (nSPS) is 14.4. The third kappa shape index (κ3) is 2.64. The molecule has 3 N–H and O–H groups in total. The summed E-state index contributed by atoms with van der Waals surface area (Å²) in [5, 5.41) is 5.42. The second-order valence-electron chi connectivity index (χ2n) is 5.46. The summed E-state index contributed by atoms with van der Waals surface area (Å²) in [4.78, 5) is 12.1. The van der Waals surface area contributed by atoms with E-state index in [4.69, 9.17) is 10.5 Å². The summed E-state index contributed by atoms with van der Waals surface area (Å²) in [6.07, 6.45) is 2.21. The second kappa shape index (κ2) is 5.84. The molecule has 1 aliphatic rings. The lowest BCUT2D eigenvalue weighted by atomic mass is 10.0. The summed E-state index contributed by atoms with van der Waals surface area (Å²) < 4.78 is 5.16. The first-order chi connectivity index (χ1) is 10.2. The van der Waals surface area contributed by atoms with Gasteiger partial charge in [0.15, 0.2) is 0 Å². The molecule has 3 rings (SSSR count). The summed E-state index contributed by atoms with van der Waals surface area (Å²) in [6.45, 7) is 0.341. The Labute approximate surface area is 124 Å². The van der Waals surface area contributed by atoms with E-state index in [1.165, 1.54) is 16.5 Å². The van der Waals surface area contributed by atoms with E-state index in [9.17, 15) is 4.79 Å². The van der Waals surface area contributed by atoms with Gasteiger partial charge in [-0.1, -0.05) is 24.3 Å². The summed E-state index contributed by atoms with van der Waals surface area (Å²) >= 11 is 0. The van der Waals surface area contributed by atoms with E-state index in [0.29, 0.717) is 6.54 Å². The lowest BCUT2D eigenvalue weighted by Crippen LogP contribution is -2.28. The van der Waals surface area contributed by atoms with E-state index in [1.54, 1.807) is 7.11 Å². The van der Waals surface area contributed by atoms with Crippen molar-refractivity contribution in [3.05, 3.63) is 41.5 Å². The van der Waals surface area contributed by atoms with Crippen molar-refractivity contribution in [2.24, 2.45) is 5.73 Å². The maximum Gasteiger partial charge on any atom is 0.227 e. The molecule has 2 aromatic rings. The van der Waals surface area contributed by atoms with Gasteiger partial charge in [0.2, 0.25) is 5.91 Å². The zero-order valence-corrected chi connectivity index (χ0v) is 12.2. The van der Waals surface area contributed by atoms with Crippen molar-refractivity contribution in [1.82, 2.24) is 0 Å². The minimum absolute atomic E-state index is 0.0639. The molecule has 21 heavy (non-hydrogen) atoms. The smallest absolute Gasteiger partial charge is 0.227 e. The van der Waals surface area contributed by atoms with Crippen LogP contribution in [0.15, 0.2) is 30.3 Å². The number of amides is 1. The molecule has 1 aliphatic carbocycles. The summed E-state index contributed by atoms with van der Waals surface area (Å²) in [6, 6.07) is 10.4. The van der Waals surface area contributed by atoms with Crippen molar-refractivity contribution in [2.75, 3.05) is 19.0 Å². The van der Waals surface area contributed by atoms with Crippen molar-refractivity contribution in [2.45, 2.75) is 25.4 Å². The first-order valence-electron chi connectivity index (χ1n) is 7.29. The number of ether oxygens (including phenoxy) is 1. The highest BCUT2D eigenvalue weighted by atomic mass is 16.5. The van der Waals surface area contributed by atoms with Crippen LogP contribution in [0.5, 0.6) is 0 Å². The Morgan fingerprint density at radius 2 is 2.05 bits per heavy atom. The zero-order valence-electron chi connectivity index (χ0n) is 12.2. The molecule has 0 aliphatic heterocycles. The van der Waals surface area contributed by atoms with Crippen LogP contribution in [0.4, 0.5) is 5.69 Å². The Morgan fingerprint density at radius 3 is 2.76 bits per heavy atom. The topological polar surface area (TPSA) is 64.3 Å². The number of nitrogens with one attached hydrogen (secondary N) is 1. The number of carbonyl (C=O) groups excluding carboxylic acids is 1. The van der Waals surface area contributed by atoms with Gasteiger partial charge >= 0.3 is 0 Å². The molecule has 0 heterocycles. The molecular weight excluding hydrogens is 264 g/mol. The molecule has 0 saturated heterocycles. The minimum Gasteiger partial charge on any atom is -0.380 e. The largest absolute Gasteiger partial charge is 0.380 e. The molecule has 4 heteroatoms. The van der Waals surface area contributed by atoms with Crippen LogP contribution in [0.2, 0.25) is 0 Å². The van der Waals surface area contributed by atoms with Crippen LogP contribution in [-0.4, -0.2) is 25.7 Å². The van der Waals surface area contributed by atoms with E-state index >= 15 is 0 Å². The number of aryl methyl sites for hydroxylation is 2. The molecule has 4 nitrogen and oxygen atoms in total. The Kier molecular flexibility index (Phi) is 3.90. The third-order valence-electron chi connectivity index (χ3n) is 4.16. The number of rotatable bonds is 5. The standard InChI is InChI=1S/C17H20N2O2/c1-21-13(10-18)9-16(20)19-15-8-7-12-6-5-11-3-2-4-14(15)17(11)12/h2-4,7-8,13H,5-6,9-10,18H2,1H3,(H,19,20)/t13-/m1/s1. The Morgan fingerprint density at radius 1 is 1.29 bits per heavy atom. The highest BCUT2D eigenvalue weighted by Gasteiger charge is 2.17. The predicted molar refractivity (Wildman–Crippen MR) is 84.5 cm³/mol. The molecule has 1 amide bonds. The number of hydrogen-bond acceptors (Lipinski definition) is 3. The van der Waals surface area contributed by atoms with Gasteiger partial charge in [-0.3, -0.25) is 4.79 Å². The number of carbonyl (C=O) groups is 1. The monoisotopic (exact) mass is 284 g/mol. The fourth-order valence-corrected chi connectivity index (χ4v) is 3.03. The lowest BCUT2D eigenvalue weighted by molar-refractivity contribution is -0.118. The Bertz CT molecular complexity index is 668. The molecule has 0 bridgehead atoms. The van der Waals surface area contributed by atoms with E-state index in [0.717, 1.165) is 23.9 Å². The van der Waals surface area contributed by atoms with E-state index < -0.39 is 0 Å². The van der Waals surface area contributed by atoms with Crippen molar-refractivity contribution in [3.63, 3.8) is 0 Å². The molecule has 110 valence electrons. The average molecular weight is 284 g/mol. The van der Waals surface area contributed by atoms with Gasteiger partial charge in [-0.2, -0.15) is 0 Å². The quantitative estimate of drug-likeness (QED) is 0.885. The predicted octanol–water partition coefficient (Wildman–Crippen LogP) is 2.24. The molecule has 0 spiro atoms. The number of hydrogen-bond donors (Lipinski definition) is 2. The molecular formula is C17H20N2O2. The number of nitrogens with two attached hydrogens (primary N) is 1. The van der Waals surface area contributed by atoms with E-state index in [1.807, 2.05) is 6.07 Å². The average Bonchev–Trinajstić information content (AvgIpc) is 2.92. The number of methoxy groups -OCH3 is 1. The molecule has 0 unspecified atom stereocenters. The number of benzene rings is 2. The van der Waals surface area contributed by atoms with Crippen molar-refractivity contribution >= 4 is 22.4 Å². The summed E-state index contributed by atoms with van der Waals surface area (Å²) in [5.41, 5.74) is 9.17. The van der Waals surface area contributed by atoms with Gasteiger partial charge in [-0.05, 0) is 35.4 Å². The molecule has 0 aromatic heterocycles. The van der Waals surface area contributed by atoms with Crippen molar-refractivity contribution in [1.29, 1.82) is 0 Å². The van der Waals surface area contributed by atoms with Gasteiger partial charge in [0, 0.05) is 24.7 Å². The van der Waals surface area contributed by atoms with Gasteiger partial charge in [0.1, 0.15) is 0 Å². The Hall–Kier alpha value is -1.91. The first kappa shape index (κ1) is 14.0. The highest BCUT2D eigenvalue weighted by molar-refractivity contribution is 6.05. The van der Waals surface area contributed by atoms with E-state index in [-0.39, 0.29) is 18.4 Å². The minimum atomic E-state index is -0.234. The molecule has 2 aromatic carbocycles. The van der Waals surface area contributed by atoms with Crippen LogP contribution in [0, 0.1) is 0 Å². The lowest BCUT2D eigenvalue weighted by Gasteiger charge is -2.14. The molecule has 0 fully saturated rings. The van der Waals surface area contributed by atoms with Crippen LogP contribution in [-0.2, 0) is 22.4 Å². The second-order valence-corrected chi connectivity index (χ2v) is 5.46. The van der Waals surface area contributed by atoms with Crippen LogP contribution < -0.4 is 11.1 Å². The first-order valence-corrected chi connectivity index (χ1v) is 7.29. The Balaban J connectivity index is 1.87. The third-order valence-corrected chi connectivity index (χ3v) is 4.16. The van der Waals surface area contributed by atoms with Crippen LogP contribution >= 0.6 is 0 Å². The van der Waals surface area contributed by atoms with Crippen LogP contribution in [0.25, 0.3) is 10.8 Å². The van der Waals surface area contributed by atoms with E-state index in [2.05, 4.69) is 29.6 Å². The van der Waals surface area contributed by atoms with Crippen LogP contribution in [0.1, 0.15) is 17.5 Å². The zero-order chi connectivity index (χ0) is 14.8. The van der Waals surface area contributed by atoms with Gasteiger partial charge in [-0.15, -0.1) is 0 Å². The van der Waals surface area contributed by atoms with Gasteiger partial charge in [0.05, 0.1) is 12.5 Å². The fraction of sp³-hybridized carbons (Fsp3) is 0.353. The van der Waals surface area contributed by atoms with Crippen molar-refractivity contribution in [3.8, 4) is 0 Å². The van der Waals surface area contributed by atoms with Crippen molar-refractivity contribution < 1.29 is 9.53 Å². The van der Waals surface area contributed by atoms with Gasteiger partial charge < -0.3 is 15.8 Å². The summed E-state index contributed by atoms with van der Waals surface area (Å²) in [7, 11) is 1.57. The summed E-state index contributed by atoms with van der Waals surface area (Å²) in [5.74, 6) is -0.0639. The SMILES string of the molecule is CO[C@@H](CN)CC(=O)Nc1ccc2c3c(cccc13)CC2. The molecule has 0 radical (unpaired) electrons. The van der Waals surface area contributed by atoms with Gasteiger partial charge in [0.25, 0.3) is 0 Å². The molecule has 1 atom stereocenters. The van der Waals surface area contributed by atoms with Crippen LogP contribution in [0.3, 0.4) is 0 Å². The fourth-order valence-electron chi connectivity index (χ4n) is 3.03. The number of anilines is 1. The molecule has 0 saturated carbocycles. The highest BCUT2D eigenvalue weighted by Crippen LogP contribution is 2.35. The maximum atomic E-state index is 12.1. The maximum absolute atomic E-state index is 12.1.